The van der Waals surface area contributed by atoms with Gasteiger partial charge in [-0.3, -0.25) is 14.4 Å². The minimum absolute atomic E-state index is 0. The van der Waals surface area contributed by atoms with Gasteiger partial charge in [0.05, 0.1) is 0 Å². The molecule has 0 aromatic carbocycles. The van der Waals surface area contributed by atoms with Crippen molar-refractivity contribution in [2.24, 2.45) is 10.8 Å². The molecule has 376 valence electrons. The van der Waals surface area contributed by atoms with Crippen LogP contribution >= 0.6 is 0 Å². The SMILES string of the molecule is CC(C=CC=C(C)C=CC1=C(C)OC(OC(=O)CNC(=O)NCCCC(=O)[O-])CC1(C)C)=CC=CC=C(C)C=CC=C(C)C=CC1=C(C)C(=O)C(OC(=O)CNC(=O)NCCCC(=O)[O-])CC1(C)C.[Na+].[Na+]. The summed E-state index contributed by atoms with van der Waals surface area (Å²) in [5, 5.41) is 30.6. The summed E-state index contributed by atoms with van der Waals surface area (Å²) in [6.45, 7) is 19.0. The van der Waals surface area contributed by atoms with E-state index in [4.69, 9.17) is 14.2 Å². The average molecular weight is 1000 g/mol. The zero-order valence-electron chi connectivity index (χ0n) is 43.7. The minimum atomic E-state index is -1.22. The maximum absolute atomic E-state index is 13.2. The fourth-order valence-electron chi connectivity index (χ4n) is 7.17. The Labute approximate surface area is 463 Å². The number of carbonyl (C=O) groups excluding carboxylic acids is 7. The molecule has 2 atom stereocenters. The van der Waals surface area contributed by atoms with E-state index in [1.807, 2.05) is 147 Å². The van der Waals surface area contributed by atoms with E-state index in [2.05, 4.69) is 21.3 Å². The van der Waals surface area contributed by atoms with E-state index in [0.29, 0.717) is 17.8 Å². The number of hydrogen-bond acceptors (Lipinski definition) is 12. The summed E-state index contributed by atoms with van der Waals surface area (Å²) < 4.78 is 16.8. The number of ether oxygens (including phenoxy) is 3. The van der Waals surface area contributed by atoms with E-state index in [1.54, 1.807) is 6.92 Å². The number of urea groups is 2. The average Bonchev–Trinajstić information content (AvgIpc) is 3.24. The number of hydrogen-bond donors (Lipinski definition) is 4. The van der Waals surface area contributed by atoms with Crippen LogP contribution in [0.4, 0.5) is 9.59 Å². The molecular formula is C53H70N4Na2O12. The molecule has 1 aliphatic heterocycles. The van der Waals surface area contributed by atoms with Crippen molar-refractivity contribution in [3.8, 4) is 0 Å². The Kier molecular flexibility index (Phi) is 31.3. The molecule has 0 spiro atoms. The summed E-state index contributed by atoms with van der Waals surface area (Å²) in [6, 6.07) is -1.26. The topological polar surface area (TPSA) is 241 Å². The third-order valence-electron chi connectivity index (χ3n) is 10.9. The standard InChI is InChI=1S/C53H72N4O12.2Na/c1-35(19-13-21-37(3)25-27-41-39(5)49(64)43(31-52(41,7)8)68-46(62)33-56-50(65)54-29-15-23-44(58)59)17-11-12-18-36(2)20-14-22-38(4)26-28-42-40(6)67-48(32-53(42,9)10)69-47(63)34-57-51(66)55-30-16-24-45(60)61;;/h11-14,17-22,25-28,43,48H,15-16,23-24,29-34H2,1-10H3,(H,58,59)(H,60,61)(H2,54,56,65)(H2,55,57,66);;/q;2*+1/p-2. The molecule has 1 aliphatic carbocycles. The second-order valence-electron chi connectivity index (χ2n) is 18.1. The van der Waals surface area contributed by atoms with Crippen LogP contribution in [0.5, 0.6) is 0 Å². The summed E-state index contributed by atoms with van der Waals surface area (Å²) in [4.78, 5) is 82.7. The number of carboxylic acids is 2. The van der Waals surface area contributed by atoms with Crippen LogP contribution < -0.4 is 90.6 Å². The van der Waals surface area contributed by atoms with Crippen molar-refractivity contribution in [3.63, 3.8) is 0 Å². The van der Waals surface area contributed by atoms with Crippen LogP contribution in [0.1, 0.15) is 108 Å². The van der Waals surface area contributed by atoms with Crippen LogP contribution in [0.3, 0.4) is 0 Å². The van der Waals surface area contributed by atoms with Crippen molar-refractivity contribution >= 4 is 41.7 Å². The fourth-order valence-corrected chi connectivity index (χ4v) is 7.17. The molecule has 0 aromatic rings. The molecule has 4 N–H and O–H groups in total. The molecule has 4 amide bonds. The number of allylic oxidation sites excluding steroid dienone is 21. The van der Waals surface area contributed by atoms with Gasteiger partial charge in [-0.25, -0.2) is 9.59 Å². The number of aliphatic carboxylic acids is 2. The Morgan fingerprint density at radius 3 is 1.46 bits per heavy atom. The first-order valence-electron chi connectivity index (χ1n) is 22.9. The first kappa shape index (κ1) is 66.0. The summed E-state index contributed by atoms with van der Waals surface area (Å²) in [7, 11) is 0. The number of carbonyl (C=O) groups is 7. The fraction of sp³-hybridized carbons (Fsp3) is 0.453. The maximum Gasteiger partial charge on any atom is 1.00 e. The van der Waals surface area contributed by atoms with Gasteiger partial charge in [-0.2, -0.15) is 0 Å². The molecule has 2 unspecified atom stereocenters. The van der Waals surface area contributed by atoms with Crippen LogP contribution in [-0.2, 0) is 38.2 Å². The van der Waals surface area contributed by atoms with Crippen molar-refractivity contribution in [2.45, 2.75) is 120 Å². The van der Waals surface area contributed by atoms with Crippen LogP contribution in [0.15, 0.2) is 130 Å². The van der Waals surface area contributed by atoms with Crippen molar-refractivity contribution in [1.82, 2.24) is 21.3 Å². The second kappa shape index (κ2) is 33.6. The predicted molar refractivity (Wildman–Crippen MR) is 260 cm³/mol. The number of ketones is 1. The van der Waals surface area contributed by atoms with Gasteiger partial charge in [-0.05, 0) is 89.4 Å². The number of rotatable bonds is 24. The Bertz CT molecular complexity index is 2260. The normalized spacial score (nSPS) is 18.6. The molecule has 0 fully saturated rings. The van der Waals surface area contributed by atoms with Crippen molar-refractivity contribution in [3.05, 3.63) is 130 Å². The van der Waals surface area contributed by atoms with Gasteiger partial charge in [0.2, 0.25) is 6.29 Å². The van der Waals surface area contributed by atoms with Gasteiger partial charge in [0.25, 0.3) is 0 Å². The van der Waals surface area contributed by atoms with Gasteiger partial charge in [-0.15, -0.1) is 0 Å². The number of nitrogens with one attached hydrogen (secondary N) is 4. The first-order valence-corrected chi connectivity index (χ1v) is 22.9. The van der Waals surface area contributed by atoms with Gasteiger partial charge < -0.3 is 55.3 Å². The molecule has 0 saturated heterocycles. The van der Waals surface area contributed by atoms with E-state index in [9.17, 15) is 43.8 Å². The summed E-state index contributed by atoms with van der Waals surface area (Å²) >= 11 is 0. The summed E-state index contributed by atoms with van der Waals surface area (Å²) in [5.41, 5.74) is 5.57. The van der Waals surface area contributed by atoms with E-state index in [1.165, 1.54) is 0 Å². The third-order valence-corrected chi connectivity index (χ3v) is 10.9. The van der Waals surface area contributed by atoms with Crippen molar-refractivity contribution in [1.29, 1.82) is 0 Å². The van der Waals surface area contributed by atoms with Crippen LogP contribution in [0, 0.1) is 10.8 Å². The Morgan fingerprint density at radius 1 is 0.606 bits per heavy atom. The quantitative estimate of drug-likeness (QED) is 0.0434. The van der Waals surface area contributed by atoms with E-state index < -0.39 is 60.3 Å². The summed E-state index contributed by atoms with van der Waals surface area (Å²) in [5.74, 6) is -3.49. The van der Waals surface area contributed by atoms with Crippen molar-refractivity contribution < 1.29 is 117 Å². The zero-order chi connectivity index (χ0) is 51.7. The van der Waals surface area contributed by atoms with Gasteiger partial charge >= 0.3 is 83.1 Å². The maximum atomic E-state index is 13.2. The van der Waals surface area contributed by atoms with Crippen LogP contribution in [0.2, 0.25) is 0 Å². The predicted octanol–water partition coefficient (Wildman–Crippen LogP) is 0.0363. The minimum Gasteiger partial charge on any atom is -0.550 e. The molecule has 1 heterocycles. The molecule has 71 heavy (non-hydrogen) atoms. The first-order chi connectivity index (χ1) is 32.4. The molecular weight excluding hydrogens is 931 g/mol. The van der Waals surface area contributed by atoms with Crippen molar-refractivity contribution in [2.75, 3.05) is 26.2 Å². The number of esters is 2. The number of Topliss-reactive ketones (excluding diaryl/α,β-unsaturated/α-hetero) is 1. The summed E-state index contributed by atoms with van der Waals surface area (Å²) in [6.07, 6.45) is 26.7. The molecule has 2 aliphatic rings. The Balaban J connectivity index is 0.0000245. The second-order valence-corrected chi connectivity index (χ2v) is 18.1. The zero-order valence-corrected chi connectivity index (χ0v) is 47.7. The van der Waals surface area contributed by atoms with Gasteiger partial charge in [-0.1, -0.05) is 135 Å². The van der Waals surface area contributed by atoms with Gasteiger partial charge in [0.15, 0.2) is 11.9 Å². The third kappa shape index (κ3) is 26.9. The van der Waals surface area contributed by atoms with E-state index in [-0.39, 0.29) is 122 Å². The van der Waals surface area contributed by atoms with Gasteiger partial charge in [0, 0.05) is 43.3 Å². The number of amides is 4. The van der Waals surface area contributed by atoms with Crippen LogP contribution in [-0.4, -0.2) is 80.3 Å². The van der Waals surface area contributed by atoms with E-state index in [0.717, 1.165) is 33.4 Å². The Morgan fingerprint density at radius 2 is 1.01 bits per heavy atom. The molecule has 0 bridgehead atoms. The Hall–Kier alpha value is -4.97. The van der Waals surface area contributed by atoms with Gasteiger partial charge in [0.1, 0.15) is 18.8 Å². The molecule has 16 nitrogen and oxygen atoms in total. The molecule has 2 rings (SSSR count). The molecule has 0 radical (unpaired) electrons. The smallest absolute Gasteiger partial charge is 0.550 e. The van der Waals surface area contributed by atoms with E-state index >= 15 is 0 Å². The molecule has 0 aromatic heterocycles. The molecule has 18 heteroatoms. The van der Waals surface area contributed by atoms with Crippen LogP contribution in [0.25, 0.3) is 0 Å². The molecule has 0 saturated carbocycles. The number of carboxylic acid groups (broad SMARTS) is 2. The monoisotopic (exact) mass is 1000 g/mol. The largest absolute Gasteiger partial charge is 1.00 e.